The highest BCUT2D eigenvalue weighted by Gasteiger charge is 2.12. The van der Waals surface area contributed by atoms with Crippen molar-refractivity contribution in [2.75, 3.05) is 12.8 Å². The summed E-state index contributed by atoms with van der Waals surface area (Å²) in [5.74, 6) is -0.124. The summed E-state index contributed by atoms with van der Waals surface area (Å²) in [4.78, 5) is 13.5. The molecule has 0 radical (unpaired) electrons. The lowest BCUT2D eigenvalue weighted by molar-refractivity contribution is 0.0960. The number of benzene rings is 1. The maximum atomic E-state index is 11.8. The molecule has 0 fully saturated rings. The van der Waals surface area contributed by atoms with Gasteiger partial charge in [0.25, 0.3) is 5.91 Å². The lowest BCUT2D eigenvalue weighted by atomic mass is 10.2. The monoisotopic (exact) mass is 262 g/mol. The summed E-state index contributed by atoms with van der Waals surface area (Å²) in [7, 11) is 3.46. The van der Waals surface area contributed by atoms with E-state index in [1.165, 1.54) is 11.8 Å². The Morgan fingerprint density at radius 2 is 2.28 bits per heavy atom. The molecular weight excluding hydrogens is 248 g/mol. The van der Waals surface area contributed by atoms with Gasteiger partial charge in [-0.25, -0.2) is 0 Å². The zero-order valence-corrected chi connectivity index (χ0v) is 11.0. The van der Waals surface area contributed by atoms with Gasteiger partial charge in [-0.1, -0.05) is 11.8 Å². The number of carbonyl (C=O) groups excluding carboxylic acids is 1. The molecule has 1 aromatic carbocycles. The van der Waals surface area contributed by atoms with Crippen molar-refractivity contribution in [2.24, 2.45) is 7.05 Å². The van der Waals surface area contributed by atoms with Gasteiger partial charge in [-0.15, -0.1) is 0 Å². The van der Waals surface area contributed by atoms with Crippen LogP contribution in [-0.4, -0.2) is 22.7 Å². The molecular formula is C12H14N4OS. The van der Waals surface area contributed by atoms with Crippen LogP contribution in [-0.2, 0) is 7.05 Å². The Morgan fingerprint density at radius 1 is 1.50 bits per heavy atom. The van der Waals surface area contributed by atoms with Crippen LogP contribution in [0.4, 0.5) is 5.69 Å². The number of nitrogen functional groups attached to an aromatic ring is 1. The molecule has 0 saturated heterocycles. The van der Waals surface area contributed by atoms with Crippen LogP contribution in [0.3, 0.4) is 0 Å². The zero-order chi connectivity index (χ0) is 13.1. The van der Waals surface area contributed by atoms with Crippen LogP contribution in [0.1, 0.15) is 10.4 Å². The average Bonchev–Trinajstić information content (AvgIpc) is 2.74. The van der Waals surface area contributed by atoms with Crippen molar-refractivity contribution < 1.29 is 4.79 Å². The molecule has 0 unspecified atom stereocenters. The van der Waals surface area contributed by atoms with Gasteiger partial charge in [0.05, 0.1) is 16.7 Å². The van der Waals surface area contributed by atoms with Crippen LogP contribution < -0.4 is 11.1 Å². The predicted octanol–water partition coefficient (Wildman–Crippen LogP) is 1.51. The van der Waals surface area contributed by atoms with E-state index in [0.29, 0.717) is 11.3 Å². The number of hydrogen-bond donors (Lipinski definition) is 2. The van der Waals surface area contributed by atoms with Crippen molar-refractivity contribution in [1.82, 2.24) is 15.1 Å². The van der Waals surface area contributed by atoms with Crippen molar-refractivity contribution in [1.29, 1.82) is 0 Å². The fourth-order valence-corrected chi connectivity index (χ4v) is 2.55. The summed E-state index contributed by atoms with van der Waals surface area (Å²) >= 11 is 1.47. The molecule has 3 N–H and O–H groups in total. The quantitative estimate of drug-likeness (QED) is 0.822. The van der Waals surface area contributed by atoms with Gasteiger partial charge in [-0.2, -0.15) is 5.10 Å². The predicted molar refractivity (Wildman–Crippen MR) is 71.6 cm³/mol. The second-order valence-corrected chi connectivity index (χ2v) is 4.90. The molecule has 2 aromatic rings. The largest absolute Gasteiger partial charge is 0.399 e. The SMILES string of the molecule is CNC(=O)c1ccc(N)cc1Sc1cnn(C)c1. The van der Waals surface area contributed by atoms with Gasteiger partial charge >= 0.3 is 0 Å². The first kappa shape index (κ1) is 12.5. The van der Waals surface area contributed by atoms with E-state index in [-0.39, 0.29) is 5.91 Å². The molecule has 94 valence electrons. The number of nitrogens with one attached hydrogen (secondary N) is 1. The zero-order valence-electron chi connectivity index (χ0n) is 10.2. The molecule has 6 heteroatoms. The molecule has 1 amide bonds. The summed E-state index contributed by atoms with van der Waals surface area (Å²) in [6.07, 6.45) is 3.64. The first-order valence-corrected chi connectivity index (χ1v) is 6.20. The van der Waals surface area contributed by atoms with Gasteiger partial charge in [-0.05, 0) is 18.2 Å². The number of carbonyl (C=O) groups is 1. The minimum absolute atomic E-state index is 0.124. The molecule has 5 nitrogen and oxygen atoms in total. The number of aromatic nitrogens is 2. The molecule has 1 aromatic heterocycles. The van der Waals surface area contributed by atoms with Gasteiger partial charge in [0.2, 0.25) is 0 Å². The molecule has 0 saturated carbocycles. The summed E-state index contributed by atoms with van der Waals surface area (Å²) < 4.78 is 1.72. The smallest absolute Gasteiger partial charge is 0.252 e. The van der Waals surface area contributed by atoms with Crippen LogP contribution in [0.2, 0.25) is 0 Å². The van der Waals surface area contributed by atoms with E-state index in [2.05, 4.69) is 10.4 Å². The van der Waals surface area contributed by atoms with Crippen LogP contribution in [0.25, 0.3) is 0 Å². The number of hydrogen-bond acceptors (Lipinski definition) is 4. The second kappa shape index (κ2) is 5.14. The Morgan fingerprint density at radius 3 is 2.89 bits per heavy atom. The van der Waals surface area contributed by atoms with Crippen LogP contribution in [0.5, 0.6) is 0 Å². The van der Waals surface area contributed by atoms with E-state index >= 15 is 0 Å². The normalized spacial score (nSPS) is 10.3. The highest BCUT2D eigenvalue weighted by molar-refractivity contribution is 7.99. The van der Waals surface area contributed by atoms with Crippen molar-refractivity contribution in [2.45, 2.75) is 9.79 Å². The van der Waals surface area contributed by atoms with Crippen molar-refractivity contribution in [3.8, 4) is 0 Å². The first-order valence-electron chi connectivity index (χ1n) is 5.38. The Hall–Kier alpha value is -1.95. The van der Waals surface area contributed by atoms with E-state index in [9.17, 15) is 4.79 Å². The van der Waals surface area contributed by atoms with Gasteiger partial charge in [0.15, 0.2) is 0 Å². The van der Waals surface area contributed by atoms with E-state index in [0.717, 1.165) is 9.79 Å². The number of amides is 1. The second-order valence-electron chi connectivity index (χ2n) is 3.79. The fraction of sp³-hybridized carbons (Fsp3) is 0.167. The minimum Gasteiger partial charge on any atom is -0.399 e. The first-order chi connectivity index (χ1) is 8.60. The third kappa shape index (κ3) is 2.65. The standard InChI is InChI=1S/C12H14N4OS/c1-14-12(17)10-4-3-8(13)5-11(10)18-9-6-15-16(2)7-9/h3-7H,13H2,1-2H3,(H,14,17). The molecule has 0 aliphatic heterocycles. The molecule has 0 aliphatic carbocycles. The summed E-state index contributed by atoms with van der Waals surface area (Å²) in [6.45, 7) is 0. The lowest BCUT2D eigenvalue weighted by Gasteiger charge is -2.07. The maximum absolute atomic E-state index is 11.8. The third-order valence-electron chi connectivity index (χ3n) is 2.39. The van der Waals surface area contributed by atoms with Crippen LogP contribution >= 0.6 is 11.8 Å². The molecule has 2 rings (SSSR count). The van der Waals surface area contributed by atoms with Crippen LogP contribution in [0, 0.1) is 0 Å². The Kier molecular flexibility index (Phi) is 3.57. The maximum Gasteiger partial charge on any atom is 0.252 e. The summed E-state index contributed by atoms with van der Waals surface area (Å²) in [5, 5.41) is 6.71. The molecule has 0 bridgehead atoms. The van der Waals surface area contributed by atoms with Gasteiger partial charge < -0.3 is 11.1 Å². The number of nitrogens with zero attached hydrogens (tertiary/aromatic N) is 2. The minimum atomic E-state index is -0.124. The van der Waals surface area contributed by atoms with Crippen molar-refractivity contribution >= 4 is 23.4 Å². The topological polar surface area (TPSA) is 72.9 Å². The highest BCUT2D eigenvalue weighted by Crippen LogP contribution is 2.31. The average molecular weight is 262 g/mol. The number of nitrogens with two attached hydrogens (primary N) is 1. The fourth-order valence-electron chi connectivity index (χ4n) is 1.52. The molecule has 18 heavy (non-hydrogen) atoms. The number of rotatable bonds is 3. The van der Waals surface area contributed by atoms with E-state index < -0.39 is 0 Å². The van der Waals surface area contributed by atoms with Crippen molar-refractivity contribution in [3.05, 3.63) is 36.2 Å². The summed E-state index contributed by atoms with van der Waals surface area (Å²) in [6, 6.07) is 5.24. The van der Waals surface area contributed by atoms with Gasteiger partial charge in [0.1, 0.15) is 0 Å². The Bertz CT molecular complexity index is 579. The molecule has 1 heterocycles. The van der Waals surface area contributed by atoms with Gasteiger partial charge in [0, 0.05) is 30.9 Å². The lowest BCUT2D eigenvalue weighted by Crippen LogP contribution is -2.18. The number of aryl methyl sites for hydroxylation is 1. The highest BCUT2D eigenvalue weighted by atomic mass is 32.2. The van der Waals surface area contributed by atoms with E-state index in [4.69, 9.17) is 5.73 Å². The van der Waals surface area contributed by atoms with Crippen molar-refractivity contribution in [3.63, 3.8) is 0 Å². The Balaban J connectivity index is 2.36. The van der Waals surface area contributed by atoms with Crippen LogP contribution in [0.15, 0.2) is 40.4 Å². The van der Waals surface area contributed by atoms with E-state index in [1.807, 2.05) is 13.2 Å². The molecule has 0 aliphatic rings. The Labute approximate surface area is 109 Å². The summed E-state index contributed by atoms with van der Waals surface area (Å²) in [5.41, 5.74) is 7.01. The third-order valence-corrected chi connectivity index (χ3v) is 3.39. The van der Waals surface area contributed by atoms with E-state index in [1.54, 1.807) is 36.1 Å². The number of anilines is 1. The van der Waals surface area contributed by atoms with Gasteiger partial charge in [-0.3, -0.25) is 9.48 Å². The molecule has 0 atom stereocenters. The molecule has 0 spiro atoms.